The average molecular weight is 228 g/mol. The van der Waals surface area contributed by atoms with Crippen molar-refractivity contribution >= 4 is 6.03 Å². The van der Waals surface area contributed by atoms with Crippen molar-refractivity contribution in [3.8, 4) is 0 Å². The number of amides is 2. The quantitative estimate of drug-likeness (QED) is 0.802. The van der Waals surface area contributed by atoms with Gasteiger partial charge in [0.1, 0.15) is 0 Å². The third-order valence-electron chi connectivity index (χ3n) is 3.04. The number of rotatable bonds is 2. The van der Waals surface area contributed by atoms with E-state index in [2.05, 4.69) is 30.4 Å². The minimum atomic E-state index is -0.512. The van der Waals surface area contributed by atoms with Gasteiger partial charge in [-0.15, -0.1) is 0 Å². The van der Waals surface area contributed by atoms with E-state index in [4.69, 9.17) is 5.73 Å². The first kappa shape index (κ1) is 11.5. The molecule has 1 aromatic carbocycles. The van der Waals surface area contributed by atoms with Crippen LogP contribution in [0.25, 0.3) is 0 Å². The van der Waals surface area contributed by atoms with E-state index in [0.29, 0.717) is 0 Å². The average Bonchev–Trinajstić information content (AvgIpc) is 2.29. The summed E-state index contributed by atoms with van der Waals surface area (Å²) < 4.78 is 0. The van der Waals surface area contributed by atoms with Gasteiger partial charge in [-0.05, 0) is 11.6 Å². The predicted molar refractivity (Wildman–Crippen MR) is 68.4 cm³/mol. The Kier molecular flexibility index (Phi) is 3.00. The Bertz CT molecular complexity index is 476. The summed E-state index contributed by atoms with van der Waals surface area (Å²) in [7, 11) is 0. The second-order valence-electron chi connectivity index (χ2n) is 4.50. The maximum Gasteiger partial charge on any atom is 0.316 e. The monoisotopic (exact) mass is 228 g/mol. The van der Waals surface area contributed by atoms with Crippen molar-refractivity contribution in [3.05, 3.63) is 59.8 Å². The van der Waals surface area contributed by atoms with Crippen LogP contribution in [0.5, 0.6) is 0 Å². The fraction of sp³-hybridized carbons (Fsp3) is 0.214. The molecule has 1 aliphatic carbocycles. The third kappa shape index (κ3) is 2.56. The van der Waals surface area contributed by atoms with Crippen LogP contribution in [0, 0.1) is 0 Å². The van der Waals surface area contributed by atoms with Crippen molar-refractivity contribution in [1.29, 1.82) is 0 Å². The molecule has 88 valence electrons. The molecule has 0 aromatic heterocycles. The van der Waals surface area contributed by atoms with E-state index in [1.54, 1.807) is 0 Å². The SMILES string of the molecule is CC1(c2ccccc2)C=CC=C(NC(N)=O)C1. The van der Waals surface area contributed by atoms with E-state index >= 15 is 0 Å². The molecule has 0 saturated carbocycles. The highest BCUT2D eigenvalue weighted by Crippen LogP contribution is 2.34. The van der Waals surface area contributed by atoms with E-state index in [1.165, 1.54) is 5.56 Å². The van der Waals surface area contributed by atoms with Crippen LogP contribution in [-0.4, -0.2) is 6.03 Å². The van der Waals surface area contributed by atoms with E-state index in [9.17, 15) is 4.79 Å². The Morgan fingerprint density at radius 2 is 2.06 bits per heavy atom. The summed E-state index contributed by atoms with van der Waals surface area (Å²) in [5.74, 6) is 0. The largest absolute Gasteiger partial charge is 0.351 e. The van der Waals surface area contributed by atoms with Crippen LogP contribution in [0.4, 0.5) is 4.79 Å². The van der Waals surface area contributed by atoms with Gasteiger partial charge in [-0.1, -0.05) is 49.4 Å². The Balaban J connectivity index is 2.22. The van der Waals surface area contributed by atoms with Gasteiger partial charge in [0.15, 0.2) is 0 Å². The number of urea groups is 1. The van der Waals surface area contributed by atoms with E-state index < -0.39 is 6.03 Å². The number of hydrogen-bond acceptors (Lipinski definition) is 1. The van der Waals surface area contributed by atoms with Gasteiger partial charge >= 0.3 is 6.03 Å². The molecule has 1 atom stereocenters. The first-order valence-electron chi connectivity index (χ1n) is 5.60. The molecule has 0 spiro atoms. The zero-order valence-corrected chi connectivity index (χ0v) is 9.81. The van der Waals surface area contributed by atoms with Gasteiger partial charge in [-0.25, -0.2) is 4.79 Å². The molecule has 2 amide bonds. The summed E-state index contributed by atoms with van der Waals surface area (Å²) in [6.07, 6.45) is 6.74. The lowest BCUT2D eigenvalue weighted by atomic mass is 9.76. The zero-order chi connectivity index (χ0) is 12.3. The van der Waals surface area contributed by atoms with Crippen LogP contribution in [0.1, 0.15) is 18.9 Å². The molecular weight excluding hydrogens is 212 g/mol. The Morgan fingerprint density at radius 1 is 1.35 bits per heavy atom. The van der Waals surface area contributed by atoms with Crippen molar-refractivity contribution < 1.29 is 4.79 Å². The normalized spacial score (nSPS) is 23.0. The molecule has 3 nitrogen and oxygen atoms in total. The Labute approximate surface area is 101 Å². The molecule has 2 rings (SSSR count). The van der Waals surface area contributed by atoms with Crippen molar-refractivity contribution in [3.63, 3.8) is 0 Å². The number of nitrogens with one attached hydrogen (secondary N) is 1. The van der Waals surface area contributed by atoms with Crippen LogP contribution < -0.4 is 11.1 Å². The first-order valence-corrected chi connectivity index (χ1v) is 5.60. The summed E-state index contributed by atoms with van der Waals surface area (Å²) in [5, 5.41) is 2.66. The highest BCUT2D eigenvalue weighted by atomic mass is 16.2. The highest BCUT2D eigenvalue weighted by Gasteiger charge is 2.26. The van der Waals surface area contributed by atoms with Gasteiger partial charge in [0.25, 0.3) is 0 Å². The maximum absolute atomic E-state index is 10.9. The molecule has 0 heterocycles. The second-order valence-corrected chi connectivity index (χ2v) is 4.50. The molecule has 3 N–H and O–H groups in total. The smallest absolute Gasteiger partial charge is 0.316 e. The third-order valence-corrected chi connectivity index (χ3v) is 3.04. The zero-order valence-electron chi connectivity index (χ0n) is 9.81. The highest BCUT2D eigenvalue weighted by molar-refractivity contribution is 5.74. The van der Waals surface area contributed by atoms with Crippen molar-refractivity contribution in [2.75, 3.05) is 0 Å². The first-order chi connectivity index (χ1) is 8.10. The molecule has 0 saturated heterocycles. The second kappa shape index (κ2) is 4.45. The molecule has 1 aromatic rings. The summed E-state index contributed by atoms with van der Waals surface area (Å²) in [4.78, 5) is 10.9. The number of benzene rings is 1. The molecular formula is C14H16N2O. The van der Waals surface area contributed by atoms with Gasteiger partial charge < -0.3 is 11.1 Å². The van der Waals surface area contributed by atoms with Crippen molar-refractivity contribution in [1.82, 2.24) is 5.32 Å². The fourth-order valence-electron chi connectivity index (χ4n) is 2.15. The molecule has 0 fully saturated rings. The Morgan fingerprint density at radius 3 is 2.71 bits per heavy atom. The minimum absolute atomic E-state index is 0.0895. The summed E-state index contributed by atoms with van der Waals surface area (Å²) in [6.45, 7) is 2.15. The number of hydrogen-bond donors (Lipinski definition) is 2. The van der Waals surface area contributed by atoms with Gasteiger partial charge in [0, 0.05) is 17.5 Å². The standard InChI is InChI=1S/C14H16N2O/c1-14(11-6-3-2-4-7-11)9-5-8-12(10-14)16-13(15)17/h2-9H,10H2,1H3,(H3,15,16,17). The van der Waals surface area contributed by atoms with E-state index in [0.717, 1.165) is 12.1 Å². The molecule has 3 heteroatoms. The lowest BCUT2D eigenvalue weighted by Crippen LogP contribution is -2.33. The van der Waals surface area contributed by atoms with Crippen LogP contribution in [0.15, 0.2) is 54.3 Å². The summed E-state index contributed by atoms with van der Waals surface area (Å²) >= 11 is 0. The molecule has 1 aliphatic rings. The van der Waals surface area contributed by atoms with E-state index in [1.807, 2.05) is 30.4 Å². The molecule has 0 bridgehead atoms. The molecule has 1 unspecified atom stereocenters. The number of carbonyl (C=O) groups is 1. The van der Waals surface area contributed by atoms with Crippen molar-refractivity contribution in [2.45, 2.75) is 18.8 Å². The van der Waals surface area contributed by atoms with Crippen LogP contribution in [0.3, 0.4) is 0 Å². The predicted octanol–water partition coefficient (Wildman–Crippen LogP) is 2.46. The summed E-state index contributed by atoms with van der Waals surface area (Å²) in [5.41, 5.74) is 7.13. The van der Waals surface area contributed by atoms with Crippen molar-refractivity contribution in [2.24, 2.45) is 5.73 Å². The van der Waals surface area contributed by atoms with Gasteiger partial charge in [0.2, 0.25) is 0 Å². The molecule has 0 radical (unpaired) electrons. The van der Waals surface area contributed by atoms with Gasteiger partial charge in [-0.2, -0.15) is 0 Å². The molecule has 17 heavy (non-hydrogen) atoms. The number of primary amides is 1. The Hall–Kier alpha value is -2.03. The lowest BCUT2D eigenvalue weighted by Gasteiger charge is -2.30. The number of carbonyl (C=O) groups excluding carboxylic acids is 1. The van der Waals surface area contributed by atoms with Gasteiger partial charge in [0.05, 0.1) is 0 Å². The minimum Gasteiger partial charge on any atom is -0.351 e. The topological polar surface area (TPSA) is 55.1 Å². The number of nitrogens with two attached hydrogens (primary N) is 1. The van der Waals surface area contributed by atoms with Gasteiger partial charge in [-0.3, -0.25) is 0 Å². The maximum atomic E-state index is 10.9. The molecule has 0 aliphatic heterocycles. The summed E-state index contributed by atoms with van der Waals surface area (Å²) in [6, 6.07) is 9.72. The fourth-order valence-corrected chi connectivity index (χ4v) is 2.15. The van der Waals surface area contributed by atoms with Crippen LogP contribution >= 0.6 is 0 Å². The van der Waals surface area contributed by atoms with Crippen LogP contribution in [-0.2, 0) is 5.41 Å². The number of allylic oxidation sites excluding steroid dienone is 4. The lowest BCUT2D eigenvalue weighted by molar-refractivity contribution is 0.250. The van der Waals surface area contributed by atoms with Crippen LogP contribution in [0.2, 0.25) is 0 Å². The van der Waals surface area contributed by atoms with E-state index in [-0.39, 0.29) is 5.41 Å².